The molecule has 1 unspecified atom stereocenters. The number of benzene rings is 2. The number of hydrogen-bond acceptors (Lipinski definition) is 7. The molecule has 2 aliphatic rings. The summed E-state index contributed by atoms with van der Waals surface area (Å²) >= 11 is 0. The summed E-state index contributed by atoms with van der Waals surface area (Å²) < 4.78 is 21.5. The fraction of sp³-hybridized carbons (Fsp3) is 0.269. The molecule has 2 aromatic carbocycles. The third-order valence-corrected chi connectivity index (χ3v) is 5.83. The summed E-state index contributed by atoms with van der Waals surface area (Å²) in [6, 6.07) is 16.7. The van der Waals surface area contributed by atoms with Crippen LogP contribution in [-0.4, -0.2) is 36.0 Å². The Bertz CT molecular complexity index is 1220. The van der Waals surface area contributed by atoms with E-state index in [4.69, 9.17) is 18.6 Å². The van der Waals surface area contributed by atoms with Crippen LogP contribution >= 0.6 is 0 Å². The van der Waals surface area contributed by atoms with E-state index in [2.05, 4.69) is 5.10 Å². The van der Waals surface area contributed by atoms with Crippen molar-refractivity contribution < 1.29 is 28.2 Å². The summed E-state index contributed by atoms with van der Waals surface area (Å²) in [5.74, 6) is 1.14. The largest absolute Gasteiger partial charge is 0.467 e. The number of nitrogens with zero attached hydrogens (tertiary/aromatic N) is 2. The molecule has 8 heteroatoms. The molecule has 0 saturated heterocycles. The maximum absolute atomic E-state index is 13.0. The van der Waals surface area contributed by atoms with Gasteiger partial charge in [-0.2, -0.15) is 5.10 Å². The monoisotopic (exact) mass is 460 g/mol. The van der Waals surface area contributed by atoms with E-state index in [1.54, 1.807) is 12.3 Å². The van der Waals surface area contributed by atoms with E-state index in [1.807, 2.05) is 55.5 Å². The number of furan rings is 1. The Kier molecular flexibility index (Phi) is 6.03. The highest BCUT2D eigenvalue weighted by molar-refractivity contribution is 6.03. The molecule has 1 atom stereocenters. The molecule has 1 aromatic heterocycles. The van der Waals surface area contributed by atoms with Gasteiger partial charge in [0.05, 0.1) is 12.0 Å². The molecule has 174 valence electrons. The zero-order chi connectivity index (χ0) is 23.5. The molecule has 0 fully saturated rings. The molecule has 0 saturated carbocycles. The van der Waals surface area contributed by atoms with Crippen molar-refractivity contribution in [1.29, 1.82) is 0 Å². The van der Waals surface area contributed by atoms with Gasteiger partial charge in [-0.05, 0) is 48.7 Å². The summed E-state index contributed by atoms with van der Waals surface area (Å²) in [5, 5.41) is 5.91. The highest BCUT2D eigenvalue weighted by atomic mass is 16.7. The minimum absolute atomic E-state index is 0.145. The normalized spacial score (nSPS) is 16.4. The molecule has 0 bridgehead atoms. The Morgan fingerprint density at radius 3 is 2.71 bits per heavy atom. The predicted molar refractivity (Wildman–Crippen MR) is 122 cm³/mol. The number of aryl methyl sites for hydroxylation is 2. The molecular formula is C26H24N2O6. The molecule has 8 nitrogen and oxygen atoms in total. The van der Waals surface area contributed by atoms with Crippen molar-refractivity contribution in [3.05, 3.63) is 83.3 Å². The average Bonchev–Trinajstić information content (AvgIpc) is 3.61. The lowest BCUT2D eigenvalue weighted by Gasteiger charge is -2.19. The van der Waals surface area contributed by atoms with Crippen LogP contribution in [0.25, 0.3) is 0 Å². The zero-order valence-electron chi connectivity index (χ0n) is 18.7. The zero-order valence-corrected chi connectivity index (χ0v) is 18.7. The smallest absolute Gasteiger partial charge is 0.306 e. The van der Waals surface area contributed by atoms with Crippen LogP contribution in [-0.2, 0) is 20.7 Å². The van der Waals surface area contributed by atoms with Crippen molar-refractivity contribution in [3.8, 4) is 11.5 Å². The second-order valence-electron chi connectivity index (χ2n) is 8.23. The molecule has 0 radical (unpaired) electrons. The van der Waals surface area contributed by atoms with Crippen LogP contribution in [0.3, 0.4) is 0 Å². The van der Waals surface area contributed by atoms with Gasteiger partial charge in [0.2, 0.25) is 6.79 Å². The lowest BCUT2D eigenvalue weighted by atomic mass is 10.0. The fourth-order valence-corrected chi connectivity index (χ4v) is 3.99. The van der Waals surface area contributed by atoms with Crippen LogP contribution in [0.5, 0.6) is 11.5 Å². The standard InChI is InChI=1S/C26H24N2O6/c1-17-4-8-19(9-5-17)20-14-21(22-3-2-12-31-22)28(27-20)25(29)15-32-26(30)11-7-18-6-10-23-24(13-18)34-16-33-23/h2-6,8-10,12-13,21H,7,11,14-16H2,1H3. The number of carbonyl (C=O) groups is 2. The lowest BCUT2D eigenvalue weighted by Crippen LogP contribution is -2.31. The van der Waals surface area contributed by atoms with E-state index in [0.717, 1.165) is 22.4 Å². The van der Waals surface area contributed by atoms with E-state index < -0.39 is 11.9 Å². The minimum Gasteiger partial charge on any atom is -0.467 e. The van der Waals surface area contributed by atoms with Crippen molar-refractivity contribution in [1.82, 2.24) is 5.01 Å². The second kappa shape index (κ2) is 9.43. The van der Waals surface area contributed by atoms with Crippen molar-refractivity contribution in [2.24, 2.45) is 5.10 Å². The molecule has 0 spiro atoms. The van der Waals surface area contributed by atoms with Crippen molar-refractivity contribution in [2.75, 3.05) is 13.4 Å². The molecule has 2 aliphatic heterocycles. The van der Waals surface area contributed by atoms with Gasteiger partial charge >= 0.3 is 5.97 Å². The van der Waals surface area contributed by atoms with E-state index in [1.165, 1.54) is 5.01 Å². The van der Waals surface area contributed by atoms with Gasteiger partial charge in [-0.15, -0.1) is 0 Å². The molecule has 3 heterocycles. The fourth-order valence-electron chi connectivity index (χ4n) is 3.99. The van der Waals surface area contributed by atoms with Crippen molar-refractivity contribution >= 4 is 17.6 Å². The summed E-state index contributed by atoms with van der Waals surface area (Å²) in [7, 11) is 0. The molecule has 5 rings (SSSR count). The van der Waals surface area contributed by atoms with E-state index >= 15 is 0 Å². The summed E-state index contributed by atoms with van der Waals surface area (Å²) in [6.45, 7) is 1.83. The van der Waals surface area contributed by atoms with Gasteiger partial charge in [0.25, 0.3) is 5.91 Å². The van der Waals surface area contributed by atoms with Crippen LogP contribution in [0.4, 0.5) is 0 Å². The van der Waals surface area contributed by atoms with Crippen LogP contribution in [0.15, 0.2) is 70.4 Å². The topological polar surface area (TPSA) is 90.6 Å². The van der Waals surface area contributed by atoms with Gasteiger partial charge in [-0.25, -0.2) is 5.01 Å². The first-order valence-corrected chi connectivity index (χ1v) is 11.1. The van der Waals surface area contributed by atoms with Crippen LogP contribution in [0, 0.1) is 6.92 Å². The number of fused-ring (bicyclic) bond motifs is 1. The first-order valence-electron chi connectivity index (χ1n) is 11.1. The van der Waals surface area contributed by atoms with Crippen molar-refractivity contribution in [2.45, 2.75) is 32.2 Å². The third kappa shape index (κ3) is 4.66. The van der Waals surface area contributed by atoms with Gasteiger partial charge in [-0.1, -0.05) is 35.9 Å². The number of esters is 1. The van der Waals surface area contributed by atoms with Crippen LogP contribution in [0.2, 0.25) is 0 Å². The SMILES string of the molecule is Cc1ccc(C2=NN(C(=O)COC(=O)CCc3ccc4c(c3)OCO4)C(c3ccco3)C2)cc1. The van der Waals surface area contributed by atoms with Crippen LogP contribution < -0.4 is 9.47 Å². The Morgan fingerprint density at radius 2 is 1.91 bits per heavy atom. The maximum atomic E-state index is 13.0. The number of amides is 1. The van der Waals surface area contributed by atoms with Gasteiger partial charge in [0.15, 0.2) is 18.1 Å². The Labute approximate surface area is 196 Å². The summed E-state index contributed by atoms with van der Waals surface area (Å²) in [4.78, 5) is 25.3. The van der Waals surface area contributed by atoms with Gasteiger partial charge in [0, 0.05) is 12.8 Å². The maximum Gasteiger partial charge on any atom is 0.306 e. The predicted octanol–water partition coefficient (Wildman–Crippen LogP) is 4.17. The molecule has 0 N–H and O–H groups in total. The highest BCUT2D eigenvalue weighted by Gasteiger charge is 2.35. The van der Waals surface area contributed by atoms with Crippen molar-refractivity contribution in [3.63, 3.8) is 0 Å². The van der Waals surface area contributed by atoms with Gasteiger partial charge < -0.3 is 18.6 Å². The third-order valence-electron chi connectivity index (χ3n) is 5.83. The molecular weight excluding hydrogens is 436 g/mol. The highest BCUT2D eigenvalue weighted by Crippen LogP contribution is 2.34. The quantitative estimate of drug-likeness (QED) is 0.492. The molecule has 34 heavy (non-hydrogen) atoms. The number of ether oxygens (including phenoxy) is 3. The number of hydrogen-bond donors (Lipinski definition) is 0. The first-order chi connectivity index (χ1) is 16.6. The lowest BCUT2D eigenvalue weighted by molar-refractivity contribution is -0.152. The van der Waals surface area contributed by atoms with Gasteiger partial charge in [0.1, 0.15) is 11.8 Å². The average molecular weight is 460 g/mol. The van der Waals surface area contributed by atoms with Crippen LogP contribution in [0.1, 0.15) is 41.3 Å². The van der Waals surface area contributed by atoms with E-state index in [9.17, 15) is 9.59 Å². The first kappa shape index (κ1) is 21.8. The Balaban J connectivity index is 1.21. The molecule has 0 aliphatic carbocycles. The number of carbonyl (C=O) groups excluding carboxylic acids is 2. The summed E-state index contributed by atoms with van der Waals surface area (Å²) in [5.41, 5.74) is 3.80. The Hall–Kier alpha value is -4.07. The minimum atomic E-state index is -0.456. The molecule has 1 amide bonds. The summed E-state index contributed by atoms with van der Waals surface area (Å²) in [6.07, 6.45) is 2.70. The van der Waals surface area contributed by atoms with E-state index in [0.29, 0.717) is 30.1 Å². The van der Waals surface area contributed by atoms with E-state index in [-0.39, 0.29) is 25.9 Å². The second-order valence-corrected chi connectivity index (χ2v) is 8.23. The Morgan fingerprint density at radius 1 is 1.09 bits per heavy atom. The number of hydrazone groups is 1. The number of rotatable bonds is 7. The molecule has 3 aromatic rings. The van der Waals surface area contributed by atoms with Gasteiger partial charge in [-0.3, -0.25) is 9.59 Å².